The molecule has 2 heterocycles. The van der Waals surface area contributed by atoms with Crippen LogP contribution in [-0.4, -0.2) is 22.6 Å². The molecule has 1 aliphatic heterocycles. The fraction of sp³-hybridized carbons (Fsp3) is 0.800. The molecule has 1 aliphatic rings. The molecule has 17 heavy (non-hydrogen) atoms. The highest BCUT2D eigenvalue weighted by Gasteiger charge is 2.42. The predicted molar refractivity (Wildman–Crippen MR) is 60.6 cm³/mol. The second-order valence-electron chi connectivity index (χ2n) is 5.20. The van der Waals surface area contributed by atoms with E-state index < -0.39 is 12.0 Å². The van der Waals surface area contributed by atoms with Crippen LogP contribution in [-0.2, 0) is 5.41 Å². The number of hydrogen-bond donors (Lipinski definition) is 1. The summed E-state index contributed by atoms with van der Waals surface area (Å²) in [5.74, 6) is -1.89. The Balaban J connectivity index is 0.00000144. The molecule has 1 N–H and O–H groups in total. The molecule has 4 nitrogen and oxygen atoms in total. The van der Waals surface area contributed by atoms with Gasteiger partial charge < -0.3 is 4.52 Å². The number of halogens is 3. The molecule has 0 bridgehead atoms. The van der Waals surface area contributed by atoms with Gasteiger partial charge in [0.15, 0.2) is 5.82 Å². The second kappa shape index (κ2) is 4.49. The maximum atomic E-state index is 13.0. The maximum Gasteiger partial charge on any atom is 0.262 e. The molecule has 7 heteroatoms. The van der Waals surface area contributed by atoms with Crippen molar-refractivity contribution in [2.75, 3.05) is 6.54 Å². The monoisotopic (exact) mass is 267 g/mol. The average Bonchev–Trinajstić information content (AvgIpc) is 2.68. The van der Waals surface area contributed by atoms with Gasteiger partial charge in [-0.05, 0) is 0 Å². The molecule has 1 unspecified atom stereocenters. The molecule has 0 amide bonds. The number of nitrogens with zero attached hydrogens (tertiary/aromatic N) is 2. The van der Waals surface area contributed by atoms with Crippen LogP contribution in [0.1, 0.15) is 44.9 Å². The summed E-state index contributed by atoms with van der Waals surface area (Å²) in [6.45, 7) is 5.50. The lowest BCUT2D eigenvalue weighted by Crippen LogP contribution is -2.19. The summed E-state index contributed by atoms with van der Waals surface area (Å²) < 4.78 is 30.9. The van der Waals surface area contributed by atoms with Gasteiger partial charge >= 0.3 is 0 Å². The Morgan fingerprint density at radius 1 is 1.41 bits per heavy atom. The molecule has 1 atom stereocenters. The summed E-state index contributed by atoms with van der Waals surface area (Å²) in [7, 11) is 0. The first-order valence-electron chi connectivity index (χ1n) is 5.23. The predicted octanol–water partition coefficient (Wildman–Crippen LogP) is 2.46. The minimum atomic E-state index is -2.68. The highest BCUT2D eigenvalue weighted by atomic mass is 35.5. The van der Waals surface area contributed by atoms with Crippen molar-refractivity contribution in [2.45, 2.75) is 44.6 Å². The van der Waals surface area contributed by atoms with Gasteiger partial charge in [-0.3, -0.25) is 5.32 Å². The zero-order valence-electron chi connectivity index (χ0n) is 9.96. The van der Waals surface area contributed by atoms with E-state index in [2.05, 4.69) is 15.5 Å². The van der Waals surface area contributed by atoms with Gasteiger partial charge in [0.25, 0.3) is 5.92 Å². The van der Waals surface area contributed by atoms with Gasteiger partial charge in [0.05, 0.1) is 12.6 Å². The van der Waals surface area contributed by atoms with Crippen LogP contribution in [0.3, 0.4) is 0 Å². The van der Waals surface area contributed by atoms with Gasteiger partial charge in [-0.1, -0.05) is 25.9 Å². The van der Waals surface area contributed by atoms with E-state index >= 15 is 0 Å². The van der Waals surface area contributed by atoms with E-state index in [-0.39, 0.29) is 36.7 Å². The lowest BCUT2D eigenvalue weighted by molar-refractivity contribution is 0.0200. The van der Waals surface area contributed by atoms with Crippen molar-refractivity contribution in [3.05, 3.63) is 11.7 Å². The molecule has 1 saturated heterocycles. The molecule has 0 aromatic carbocycles. The van der Waals surface area contributed by atoms with Gasteiger partial charge in [0, 0.05) is 11.8 Å². The van der Waals surface area contributed by atoms with Crippen molar-refractivity contribution < 1.29 is 13.3 Å². The largest absolute Gasteiger partial charge is 0.338 e. The van der Waals surface area contributed by atoms with Gasteiger partial charge in [-0.25, -0.2) is 8.78 Å². The molecule has 0 aliphatic carbocycles. The van der Waals surface area contributed by atoms with Crippen molar-refractivity contribution >= 4 is 12.4 Å². The SMILES string of the molecule is CC(C)(C)c1noc(C2CC(F)(F)CN2)n1.Cl. The van der Waals surface area contributed by atoms with E-state index in [0.717, 1.165) is 0 Å². The molecule has 0 spiro atoms. The fourth-order valence-corrected chi connectivity index (χ4v) is 1.57. The first-order valence-corrected chi connectivity index (χ1v) is 5.23. The number of nitrogens with one attached hydrogen (secondary N) is 1. The van der Waals surface area contributed by atoms with Crippen LogP contribution in [0.2, 0.25) is 0 Å². The summed E-state index contributed by atoms with van der Waals surface area (Å²) in [5.41, 5.74) is -0.233. The van der Waals surface area contributed by atoms with E-state index in [1.54, 1.807) is 0 Å². The van der Waals surface area contributed by atoms with Gasteiger partial charge in [-0.2, -0.15) is 4.98 Å². The third kappa shape index (κ3) is 3.13. The van der Waals surface area contributed by atoms with Gasteiger partial charge in [0.1, 0.15) is 0 Å². The Kier molecular flexibility index (Phi) is 3.78. The first-order chi connectivity index (χ1) is 7.28. The van der Waals surface area contributed by atoms with Crippen LogP contribution in [0.25, 0.3) is 0 Å². The van der Waals surface area contributed by atoms with Gasteiger partial charge in [-0.15, -0.1) is 12.4 Å². The lowest BCUT2D eigenvalue weighted by Gasteiger charge is -2.11. The van der Waals surface area contributed by atoms with E-state index in [4.69, 9.17) is 4.52 Å². The standard InChI is InChI=1S/C10H15F2N3O.ClH/c1-9(2,3)8-14-7(16-15-8)6-4-10(11,12)5-13-6;/h6,13H,4-5H2,1-3H3;1H. The summed E-state index contributed by atoms with van der Waals surface area (Å²) >= 11 is 0. The first kappa shape index (κ1) is 14.3. The minimum Gasteiger partial charge on any atom is -0.338 e. The van der Waals surface area contributed by atoms with Crippen LogP contribution in [0.4, 0.5) is 8.78 Å². The number of aromatic nitrogens is 2. The third-order valence-corrected chi connectivity index (χ3v) is 2.52. The molecule has 2 rings (SSSR count). The summed E-state index contributed by atoms with van der Waals surface area (Å²) in [6.07, 6.45) is -0.279. The Hall–Kier alpha value is -0.750. The van der Waals surface area contributed by atoms with Crippen molar-refractivity contribution in [1.29, 1.82) is 0 Å². The Labute approximate surface area is 105 Å². The zero-order valence-corrected chi connectivity index (χ0v) is 10.8. The Bertz CT molecular complexity index is 389. The van der Waals surface area contributed by atoms with Crippen molar-refractivity contribution in [3.8, 4) is 0 Å². The number of hydrogen-bond acceptors (Lipinski definition) is 4. The van der Waals surface area contributed by atoms with Crippen LogP contribution in [0, 0.1) is 0 Å². The molecule has 1 fully saturated rings. The molecule has 0 radical (unpaired) electrons. The zero-order chi connectivity index (χ0) is 12.0. The normalized spacial score (nSPS) is 23.5. The topological polar surface area (TPSA) is 51.0 Å². The quantitative estimate of drug-likeness (QED) is 0.849. The molecule has 1 aromatic heterocycles. The van der Waals surface area contributed by atoms with Crippen molar-refractivity contribution in [3.63, 3.8) is 0 Å². The van der Waals surface area contributed by atoms with Crippen LogP contribution < -0.4 is 5.32 Å². The van der Waals surface area contributed by atoms with Crippen LogP contribution >= 0.6 is 12.4 Å². The fourth-order valence-electron chi connectivity index (χ4n) is 1.57. The Morgan fingerprint density at radius 3 is 2.47 bits per heavy atom. The molecule has 98 valence electrons. The minimum absolute atomic E-state index is 0. The molecular formula is C10H16ClF2N3O. The molecule has 0 saturated carbocycles. The van der Waals surface area contributed by atoms with E-state index in [0.29, 0.717) is 5.82 Å². The summed E-state index contributed by atoms with van der Waals surface area (Å²) in [4.78, 5) is 4.16. The number of rotatable bonds is 1. The third-order valence-electron chi connectivity index (χ3n) is 2.52. The number of alkyl halides is 2. The molecular weight excluding hydrogens is 252 g/mol. The lowest BCUT2D eigenvalue weighted by atomic mass is 9.96. The van der Waals surface area contributed by atoms with E-state index in [1.165, 1.54) is 0 Å². The summed E-state index contributed by atoms with van der Waals surface area (Å²) in [5, 5.41) is 6.49. The van der Waals surface area contributed by atoms with E-state index in [9.17, 15) is 8.78 Å². The second-order valence-corrected chi connectivity index (χ2v) is 5.20. The van der Waals surface area contributed by atoms with Gasteiger partial charge in [0.2, 0.25) is 5.89 Å². The average molecular weight is 268 g/mol. The summed E-state index contributed by atoms with van der Waals surface area (Å²) in [6, 6.07) is -0.529. The highest BCUT2D eigenvalue weighted by Crippen LogP contribution is 2.33. The van der Waals surface area contributed by atoms with Crippen LogP contribution in [0.5, 0.6) is 0 Å². The van der Waals surface area contributed by atoms with Crippen LogP contribution in [0.15, 0.2) is 4.52 Å². The molecule has 1 aromatic rings. The van der Waals surface area contributed by atoms with Crippen molar-refractivity contribution in [1.82, 2.24) is 15.5 Å². The Morgan fingerprint density at radius 2 is 2.06 bits per heavy atom. The van der Waals surface area contributed by atoms with E-state index in [1.807, 2.05) is 20.8 Å². The maximum absolute atomic E-state index is 13.0. The van der Waals surface area contributed by atoms with Crippen molar-refractivity contribution in [2.24, 2.45) is 0 Å². The highest BCUT2D eigenvalue weighted by molar-refractivity contribution is 5.85. The smallest absolute Gasteiger partial charge is 0.262 e.